The predicted octanol–water partition coefficient (Wildman–Crippen LogP) is 13.2. The average molecular weight is 563 g/mol. The van der Waals surface area contributed by atoms with Gasteiger partial charge in [-0.3, -0.25) is 0 Å². The summed E-state index contributed by atoms with van der Waals surface area (Å²) < 4.78 is 10.4. The Morgan fingerprint density at radius 3 is 1.10 bits per heavy atom. The zero-order valence-corrected chi connectivity index (χ0v) is 27.2. The molecule has 0 aromatic rings. The normalized spacial score (nSPS) is 11.7. The van der Waals surface area contributed by atoms with Crippen molar-refractivity contribution in [1.82, 2.24) is 0 Å². The van der Waals surface area contributed by atoms with E-state index in [9.17, 15) is 4.79 Å². The monoisotopic (exact) mass is 563 g/mol. The van der Waals surface area contributed by atoms with Gasteiger partial charge in [0.15, 0.2) is 0 Å². The van der Waals surface area contributed by atoms with E-state index in [0.29, 0.717) is 13.2 Å². The van der Waals surface area contributed by atoms with Crippen LogP contribution < -0.4 is 0 Å². The predicted molar refractivity (Wildman–Crippen MR) is 176 cm³/mol. The highest BCUT2D eigenvalue weighted by Crippen LogP contribution is 2.14. The molecule has 0 aliphatic rings. The Hall–Kier alpha value is -1.25. The first-order valence-corrected chi connectivity index (χ1v) is 17.9. The fourth-order valence-corrected chi connectivity index (χ4v) is 5.09. The zero-order chi connectivity index (χ0) is 29.0. The Morgan fingerprint density at radius 2 is 0.700 bits per heavy atom. The number of ether oxygens (including phenoxy) is 2. The lowest BCUT2D eigenvalue weighted by Gasteiger charge is -2.06. The molecule has 0 radical (unpaired) electrons. The van der Waals surface area contributed by atoms with Gasteiger partial charge in [0.2, 0.25) is 0 Å². The van der Waals surface area contributed by atoms with Crippen molar-refractivity contribution in [2.75, 3.05) is 13.2 Å². The molecule has 3 nitrogen and oxygen atoms in total. The maximum atomic E-state index is 11.7. The van der Waals surface area contributed by atoms with Gasteiger partial charge in [-0.25, -0.2) is 4.79 Å². The van der Waals surface area contributed by atoms with Gasteiger partial charge in [0, 0.05) is 0 Å². The Bertz CT molecular complexity index is 540. The van der Waals surface area contributed by atoms with Crippen molar-refractivity contribution in [2.45, 2.75) is 194 Å². The van der Waals surface area contributed by atoms with E-state index in [1.165, 1.54) is 148 Å². The van der Waals surface area contributed by atoms with E-state index < -0.39 is 6.16 Å². The highest BCUT2D eigenvalue weighted by molar-refractivity contribution is 5.59. The molecule has 0 rings (SSSR count). The summed E-state index contributed by atoms with van der Waals surface area (Å²) in [5, 5.41) is 0. The lowest BCUT2D eigenvalue weighted by molar-refractivity contribution is 0.0529. The van der Waals surface area contributed by atoms with Gasteiger partial charge in [0.25, 0.3) is 0 Å². The molecule has 3 heteroatoms. The van der Waals surface area contributed by atoms with Crippen molar-refractivity contribution in [2.24, 2.45) is 0 Å². The average Bonchev–Trinajstić information content (AvgIpc) is 2.96. The Kier molecular flexibility index (Phi) is 34.7. The van der Waals surface area contributed by atoms with E-state index in [0.717, 1.165) is 32.1 Å². The maximum absolute atomic E-state index is 11.7. The van der Waals surface area contributed by atoms with Crippen LogP contribution in [0.25, 0.3) is 0 Å². The largest absolute Gasteiger partial charge is 0.508 e. The SMILES string of the molecule is CCCCC/C=C\C/C=C\CCCCCCCCOC(=O)OCCCCCCCCCCCCCCCCCC. The zero-order valence-electron chi connectivity index (χ0n) is 27.2. The first-order valence-electron chi connectivity index (χ1n) is 17.9. The first kappa shape index (κ1) is 38.8. The molecule has 40 heavy (non-hydrogen) atoms. The molecular weight excluding hydrogens is 492 g/mol. The number of carbonyl (C=O) groups excluding carboxylic acids is 1. The molecule has 0 N–H and O–H groups in total. The van der Waals surface area contributed by atoms with Crippen LogP contribution in [0.3, 0.4) is 0 Å². The summed E-state index contributed by atoms with van der Waals surface area (Å²) in [5.41, 5.74) is 0. The third-order valence-corrected chi connectivity index (χ3v) is 7.78. The number of rotatable bonds is 32. The minimum absolute atomic E-state index is 0.483. The second kappa shape index (κ2) is 35.8. The van der Waals surface area contributed by atoms with Crippen molar-refractivity contribution < 1.29 is 14.3 Å². The molecule has 0 saturated carbocycles. The van der Waals surface area contributed by atoms with Gasteiger partial charge < -0.3 is 9.47 Å². The van der Waals surface area contributed by atoms with Crippen LogP contribution in [0.4, 0.5) is 4.79 Å². The molecule has 0 heterocycles. The fourth-order valence-electron chi connectivity index (χ4n) is 5.09. The minimum Gasteiger partial charge on any atom is -0.434 e. The van der Waals surface area contributed by atoms with Crippen LogP contribution in [-0.4, -0.2) is 19.4 Å². The van der Waals surface area contributed by atoms with Crippen molar-refractivity contribution in [3.63, 3.8) is 0 Å². The van der Waals surface area contributed by atoms with E-state index in [1.54, 1.807) is 0 Å². The summed E-state index contributed by atoms with van der Waals surface area (Å²) >= 11 is 0. The topological polar surface area (TPSA) is 35.5 Å². The summed E-state index contributed by atoms with van der Waals surface area (Å²) in [6.07, 6.45) is 45.0. The molecule has 0 atom stereocenters. The molecule has 0 aliphatic heterocycles. The van der Waals surface area contributed by atoms with Crippen LogP contribution >= 0.6 is 0 Å². The number of carbonyl (C=O) groups is 1. The van der Waals surface area contributed by atoms with E-state index >= 15 is 0 Å². The highest BCUT2D eigenvalue weighted by atomic mass is 16.7. The lowest BCUT2D eigenvalue weighted by atomic mass is 10.0. The highest BCUT2D eigenvalue weighted by Gasteiger charge is 2.03. The van der Waals surface area contributed by atoms with Crippen molar-refractivity contribution in [3.8, 4) is 0 Å². The number of allylic oxidation sites excluding steroid dienone is 4. The molecule has 0 unspecified atom stereocenters. The summed E-state index contributed by atoms with van der Waals surface area (Å²) in [4.78, 5) is 11.7. The van der Waals surface area contributed by atoms with Gasteiger partial charge in [-0.05, 0) is 44.9 Å². The van der Waals surface area contributed by atoms with Crippen molar-refractivity contribution >= 4 is 6.16 Å². The summed E-state index contributed by atoms with van der Waals surface area (Å²) in [6.45, 7) is 5.53. The van der Waals surface area contributed by atoms with Gasteiger partial charge >= 0.3 is 6.16 Å². The molecule has 0 bridgehead atoms. The Labute approximate surface area is 251 Å². The Balaban J connectivity index is 3.21. The van der Waals surface area contributed by atoms with E-state index in [1.807, 2.05) is 0 Å². The van der Waals surface area contributed by atoms with Gasteiger partial charge in [-0.15, -0.1) is 0 Å². The fraction of sp³-hybridized carbons (Fsp3) is 0.865. The smallest absolute Gasteiger partial charge is 0.434 e. The van der Waals surface area contributed by atoms with Gasteiger partial charge in [-0.1, -0.05) is 173 Å². The van der Waals surface area contributed by atoms with Crippen LogP contribution in [-0.2, 0) is 9.47 Å². The molecule has 0 amide bonds. The van der Waals surface area contributed by atoms with E-state index in [2.05, 4.69) is 38.2 Å². The van der Waals surface area contributed by atoms with Crippen LogP contribution in [0, 0.1) is 0 Å². The molecular formula is C37H70O3. The first-order chi connectivity index (χ1) is 19.8. The van der Waals surface area contributed by atoms with Gasteiger partial charge in [0.05, 0.1) is 13.2 Å². The van der Waals surface area contributed by atoms with E-state index in [-0.39, 0.29) is 0 Å². The van der Waals surface area contributed by atoms with Crippen LogP contribution in [0.1, 0.15) is 194 Å². The lowest BCUT2D eigenvalue weighted by Crippen LogP contribution is -2.09. The molecule has 0 aromatic heterocycles. The summed E-state index contributed by atoms with van der Waals surface area (Å²) in [6, 6.07) is 0. The number of hydrogen-bond donors (Lipinski definition) is 0. The minimum atomic E-state index is -0.483. The molecule has 0 saturated heterocycles. The number of hydrogen-bond acceptors (Lipinski definition) is 3. The van der Waals surface area contributed by atoms with Gasteiger partial charge in [-0.2, -0.15) is 0 Å². The van der Waals surface area contributed by atoms with Crippen molar-refractivity contribution in [1.29, 1.82) is 0 Å². The maximum Gasteiger partial charge on any atom is 0.508 e. The molecule has 0 aliphatic carbocycles. The number of unbranched alkanes of at least 4 members (excludes halogenated alkanes) is 24. The van der Waals surface area contributed by atoms with E-state index in [4.69, 9.17) is 9.47 Å². The molecule has 236 valence electrons. The summed E-state index contributed by atoms with van der Waals surface area (Å²) in [5.74, 6) is 0. The second-order valence-electron chi connectivity index (χ2n) is 11.8. The third-order valence-electron chi connectivity index (χ3n) is 7.78. The standard InChI is InChI=1S/C37H70O3/c1-3-5-7-9-11-13-15-17-19-21-23-25-27-29-31-33-35-39-37(38)40-36-34-32-30-28-26-24-22-20-18-16-14-12-10-8-6-4-2/h11,13,17,19H,3-10,12,14-16,18,20-36H2,1-2H3/b13-11-,19-17-. The third kappa shape index (κ3) is 34.8. The molecule has 0 fully saturated rings. The second-order valence-corrected chi connectivity index (χ2v) is 11.8. The molecule has 0 spiro atoms. The van der Waals surface area contributed by atoms with Crippen LogP contribution in [0.15, 0.2) is 24.3 Å². The molecule has 0 aromatic carbocycles. The Morgan fingerprint density at radius 1 is 0.400 bits per heavy atom. The van der Waals surface area contributed by atoms with Gasteiger partial charge in [0.1, 0.15) is 0 Å². The quantitative estimate of drug-likeness (QED) is 0.0464. The van der Waals surface area contributed by atoms with Crippen molar-refractivity contribution in [3.05, 3.63) is 24.3 Å². The van der Waals surface area contributed by atoms with Crippen LogP contribution in [0.5, 0.6) is 0 Å². The van der Waals surface area contributed by atoms with Crippen LogP contribution in [0.2, 0.25) is 0 Å². The summed E-state index contributed by atoms with van der Waals surface area (Å²) in [7, 11) is 0.